The number of hydrogen-bond acceptors (Lipinski definition) is 3. The number of carbonyl (C=O) groups excluding carboxylic acids is 1. The van der Waals surface area contributed by atoms with Gasteiger partial charge in [0.15, 0.2) is 0 Å². The molecule has 0 spiro atoms. The molecule has 100 valence electrons. The van der Waals surface area contributed by atoms with Gasteiger partial charge >= 0.3 is 5.97 Å². The third-order valence-electron chi connectivity index (χ3n) is 3.42. The Labute approximate surface area is 113 Å². The number of benzene rings is 1. The molecule has 0 aliphatic carbocycles. The van der Waals surface area contributed by atoms with Crippen molar-refractivity contribution in [3.63, 3.8) is 0 Å². The van der Waals surface area contributed by atoms with Gasteiger partial charge in [0.25, 0.3) is 0 Å². The van der Waals surface area contributed by atoms with Crippen molar-refractivity contribution in [1.82, 2.24) is 4.98 Å². The molecule has 0 fully saturated rings. The zero-order valence-electron chi connectivity index (χ0n) is 11.4. The Morgan fingerprint density at radius 2 is 2.21 bits per heavy atom. The van der Waals surface area contributed by atoms with E-state index in [0.717, 1.165) is 35.6 Å². The average molecular weight is 257 g/mol. The van der Waals surface area contributed by atoms with E-state index in [0.29, 0.717) is 0 Å². The monoisotopic (exact) mass is 257 g/mol. The highest BCUT2D eigenvalue weighted by Crippen LogP contribution is 2.29. The minimum atomic E-state index is -0.196. The van der Waals surface area contributed by atoms with Gasteiger partial charge < -0.3 is 4.74 Å². The molecule has 1 aromatic carbocycles. The van der Waals surface area contributed by atoms with E-state index in [1.165, 1.54) is 7.11 Å². The number of ether oxygens (including phenoxy) is 1. The van der Waals surface area contributed by atoms with Gasteiger partial charge in [0.05, 0.1) is 13.0 Å². The van der Waals surface area contributed by atoms with Crippen molar-refractivity contribution in [3.8, 4) is 0 Å². The molecule has 2 aromatic rings. The van der Waals surface area contributed by atoms with Crippen LogP contribution in [0.3, 0.4) is 0 Å². The minimum Gasteiger partial charge on any atom is -0.469 e. The van der Waals surface area contributed by atoms with Gasteiger partial charge in [-0.1, -0.05) is 38.0 Å². The maximum absolute atomic E-state index is 12.0. The van der Waals surface area contributed by atoms with Crippen LogP contribution in [0.5, 0.6) is 0 Å². The van der Waals surface area contributed by atoms with Crippen LogP contribution < -0.4 is 0 Å². The number of rotatable bonds is 5. The lowest BCUT2D eigenvalue weighted by Gasteiger charge is -2.16. The van der Waals surface area contributed by atoms with Crippen LogP contribution in [0, 0.1) is 0 Å². The van der Waals surface area contributed by atoms with Gasteiger partial charge in [-0.05, 0) is 23.4 Å². The molecule has 0 aliphatic heterocycles. The van der Waals surface area contributed by atoms with Crippen molar-refractivity contribution >= 4 is 16.7 Å². The lowest BCUT2D eigenvalue weighted by molar-refractivity contribution is -0.142. The van der Waals surface area contributed by atoms with Gasteiger partial charge in [-0.15, -0.1) is 0 Å². The third-order valence-corrected chi connectivity index (χ3v) is 3.42. The predicted octanol–water partition coefficient (Wildman–Crippen LogP) is 3.68. The molecule has 0 N–H and O–H groups in total. The summed E-state index contributed by atoms with van der Waals surface area (Å²) in [4.78, 5) is 16.2. The van der Waals surface area contributed by atoms with Crippen LogP contribution in [0.4, 0.5) is 0 Å². The molecule has 0 radical (unpaired) electrons. The SMILES string of the molecule is CCCCC(C(=O)OC)c1cccc2ccncc12. The van der Waals surface area contributed by atoms with E-state index in [1.54, 1.807) is 6.20 Å². The number of esters is 1. The molecule has 1 atom stereocenters. The normalized spacial score (nSPS) is 12.3. The van der Waals surface area contributed by atoms with E-state index in [2.05, 4.69) is 11.9 Å². The zero-order chi connectivity index (χ0) is 13.7. The van der Waals surface area contributed by atoms with Crippen molar-refractivity contribution in [3.05, 3.63) is 42.2 Å². The van der Waals surface area contributed by atoms with Crippen molar-refractivity contribution in [2.75, 3.05) is 7.11 Å². The van der Waals surface area contributed by atoms with Gasteiger partial charge in [0.1, 0.15) is 0 Å². The molecule has 0 bridgehead atoms. The number of aromatic nitrogens is 1. The number of nitrogens with zero attached hydrogens (tertiary/aromatic N) is 1. The van der Waals surface area contributed by atoms with Crippen molar-refractivity contribution in [2.24, 2.45) is 0 Å². The molecule has 0 aliphatic rings. The highest BCUT2D eigenvalue weighted by molar-refractivity contribution is 5.90. The fourth-order valence-electron chi connectivity index (χ4n) is 2.39. The summed E-state index contributed by atoms with van der Waals surface area (Å²) >= 11 is 0. The topological polar surface area (TPSA) is 39.2 Å². The van der Waals surface area contributed by atoms with Crippen LogP contribution in [-0.2, 0) is 9.53 Å². The van der Waals surface area contributed by atoms with E-state index in [4.69, 9.17) is 4.74 Å². The molecule has 19 heavy (non-hydrogen) atoms. The lowest BCUT2D eigenvalue weighted by Crippen LogP contribution is -2.14. The smallest absolute Gasteiger partial charge is 0.313 e. The summed E-state index contributed by atoms with van der Waals surface area (Å²) in [5, 5.41) is 2.15. The summed E-state index contributed by atoms with van der Waals surface area (Å²) in [5.74, 6) is -0.359. The summed E-state index contributed by atoms with van der Waals surface area (Å²) < 4.78 is 4.95. The number of methoxy groups -OCH3 is 1. The van der Waals surface area contributed by atoms with E-state index in [9.17, 15) is 4.79 Å². The molecule has 0 saturated carbocycles. The van der Waals surface area contributed by atoms with Gasteiger partial charge in [0, 0.05) is 17.8 Å². The Balaban J connectivity index is 2.46. The molecule has 1 heterocycles. The maximum Gasteiger partial charge on any atom is 0.313 e. The Morgan fingerprint density at radius 1 is 1.37 bits per heavy atom. The van der Waals surface area contributed by atoms with Crippen LogP contribution >= 0.6 is 0 Å². The van der Waals surface area contributed by atoms with Gasteiger partial charge in [-0.2, -0.15) is 0 Å². The first-order valence-corrected chi connectivity index (χ1v) is 6.68. The number of unbranched alkanes of at least 4 members (excludes halogenated alkanes) is 1. The predicted molar refractivity (Wildman–Crippen MR) is 76.0 cm³/mol. The first-order valence-electron chi connectivity index (χ1n) is 6.68. The van der Waals surface area contributed by atoms with Gasteiger partial charge in [-0.25, -0.2) is 0 Å². The third kappa shape index (κ3) is 2.92. The fraction of sp³-hybridized carbons (Fsp3) is 0.375. The van der Waals surface area contributed by atoms with Crippen molar-refractivity contribution in [1.29, 1.82) is 0 Å². The Kier molecular flexibility index (Phi) is 4.50. The molecular formula is C16H19NO2. The van der Waals surface area contributed by atoms with Crippen LogP contribution in [0.25, 0.3) is 10.8 Å². The second kappa shape index (κ2) is 6.32. The molecule has 1 aromatic heterocycles. The summed E-state index contributed by atoms with van der Waals surface area (Å²) in [7, 11) is 1.45. The molecule has 2 rings (SSSR count). The van der Waals surface area contributed by atoms with E-state index in [-0.39, 0.29) is 11.9 Å². The Morgan fingerprint density at radius 3 is 2.95 bits per heavy atom. The summed E-state index contributed by atoms with van der Waals surface area (Å²) in [5.41, 5.74) is 1.02. The Hall–Kier alpha value is -1.90. The van der Waals surface area contributed by atoms with Crippen LogP contribution in [0.1, 0.15) is 37.7 Å². The second-order valence-corrected chi connectivity index (χ2v) is 4.66. The first-order chi connectivity index (χ1) is 9.27. The summed E-state index contributed by atoms with van der Waals surface area (Å²) in [6.07, 6.45) is 6.49. The largest absolute Gasteiger partial charge is 0.469 e. The number of pyridine rings is 1. The molecular weight excluding hydrogens is 238 g/mol. The molecule has 1 unspecified atom stereocenters. The molecule has 3 nitrogen and oxygen atoms in total. The highest BCUT2D eigenvalue weighted by atomic mass is 16.5. The van der Waals surface area contributed by atoms with Crippen LogP contribution in [0.15, 0.2) is 36.7 Å². The highest BCUT2D eigenvalue weighted by Gasteiger charge is 2.22. The van der Waals surface area contributed by atoms with Crippen LogP contribution in [-0.4, -0.2) is 18.1 Å². The van der Waals surface area contributed by atoms with Gasteiger partial charge in [0.2, 0.25) is 0 Å². The van der Waals surface area contributed by atoms with Gasteiger partial charge in [-0.3, -0.25) is 9.78 Å². The Bertz CT molecular complexity index is 560. The summed E-state index contributed by atoms with van der Waals surface area (Å²) in [6, 6.07) is 7.99. The zero-order valence-corrected chi connectivity index (χ0v) is 11.4. The number of carbonyl (C=O) groups is 1. The maximum atomic E-state index is 12.0. The molecule has 0 saturated heterocycles. The van der Waals surface area contributed by atoms with Crippen molar-refractivity contribution < 1.29 is 9.53 Å². The van der Waals surface area contributed by atoms with Crippen molar-refractivity contribution in [2.45, 2.75) is 32.1 Å². The number of hydrogen-bond donors (Lipinski definition) is 0. The quantitative estimate of drug-likeness (QED) is 0.767. The number of fused-ring (bicyclic) bond motifs is 1. The fourth-order valence-corrected chi connectivity index (χ4v) is 2.39. The standard InChI is InChI=1S/C16H19NO2/c1-3-4-7-14(16(18)19-2)13-8-5-6-12-9-10-17-11-15(12)13/h5-6,8-11,14H,3-4,7H2,1-2H3. The van der Waals surface area contributed by atoms with E-state index < -0.39 is 0 Å². The first kappa shape index (κ1) is 13.5. The second-order valence-electron chi connectivity index (χ2n) is 4.66. The average Bonchev–Trinajstić information content (AvgIpc) is 2.47. The summed E-state index contributed by atoms with van der Waals surface area (Å²) in [6.45, 7) is 2.12. The molecule has 3 heteroatoms. The van der Waals surface area contributed by atoms with E-state index in [1.807, 2.05) is 30.5 Å². The molecule has 0 amide bonds. The van der Waals surface area contributed by atoms with Crippen LogP contribution in [0.2, 0.25) is 0 Å². The lowest BCUT2D eigenvalue weighted by atomic mass is 9.90. The minimum absolute atomic E-state index is 0.162. The van der Waals surface area contributed by atoms with E-state index >= 15 is 0 Å².